The van der Waals surface area contributed by atoms with Crippen LogP contribution in [-0.4, -0.2) is 127 Å². The minimum atomic E-state index is -2.42. The fourth-order valence-corrected chi connectivity index (χ4v) is 10.2. The number of allylic oxidation sites excluding steroid dienone is 6. The summed E-state index contributed by atoms with van der Waals surface area (Å²) in [6, 6.07) is -1.21. The minimum absolute atomic E-state index is 0.0249. The molecule has 2 saturated heterocycles. The summed E-state index contributed by atoms with van der Waals surface area (Å²) in [5.74, 6) is -7.72. The van der Waals surface area contributed by atoms with Gasteiger partial charge in [0.05, 0.1) is 18.3 Å². The molecular formula is C51H80N2O12. The summed E-state index contributed by atoms with van der Waals surface area (Å²) in [5.41, 5.74) is 7.61. The summed E-state index contributed by atoms with van der Waals surface area (Å²) < 4.78 is 29.5. The summed E-state index contributed by atoms with van der Waals surface area (Å²) in [6.45, 7) is 12.8. The molecule has 4 aliphatic rings. The Balaban J connectivity index is 1.70. The highest BCUT2D eigenvalue weighted by atomic mass is 16.6. The Kier molecular flexibility index (Phi) is 21.0. The van der Waals surface area contributed by atoms with Crippen molar-refractivity contribution in [1.29, 1.82) is 0 Å². The fraction of sp³-hybridized carbons (Fsp3) is 0.745. The van der Waals surface area contributed by atoms with E-state index < -0.39 is 77.8 Å². The number of ketones is 3. The fourth-order valence-electron chi connectivity index (χ4n) is 10.2. The van der Waals surface area contributed by atoms with Crippen molar-refractivity contribution in [2.75, 3.05) is 27.9 Å². The molecule has 65 heavy (non-hydrogen) atoms. The number of aliphatic hydroxyl groups excluding tert-OH is 1. The zero-order valence-electron chi connectivity index (χ0n) is 40.7. The standard InChI is InChI=1S/C51H80N2O12/c1-30-16-12-11-13-17-31(2)42(61-8)28-38-21-19-36(7)51(60,65-38)48(57)49(58)53-23-15-14-18-40(53)50(59)64-43(33(4)26-37-20-22-39(52)44(27-37)62-9)29-41(54)32(3)25-35(6)46(56)47(63-10)45(55)34(5)24-30/h11-13,16-17,25,30,32-34,36-40,42-44,46-47,56,60H,14-15,18-24,26-29,52H2,1-10H3/b13-11+,16-12+,31-17+,35-25+/t30-,32-,33-,34-,36-,37+,38+,39+,40+,42+,43+,44-,46-,47+,51-/m1/s1. The van der Waals surface area contributed by atoms with Gasteiger partial charge in [-0.1, -0.05) is 71.1 Å². The van der Waals surface area contributed by atoms with Gasteiger partial charge in [-0.3, -0.25) is 19.2 Å². The van der Waals surface area contributed by atoms with E-state index in [4.69, 9.17) is 29.4 Å². The molecule has 4 rings (SSSR count). The maximum atomic E-state index is 14.4. The van der Waals surface area contributed by atoms with Crippen molar-refractivity contribution < 1.29 is 57.9 Å². The third-order valence-corrected chi connectivity index (χ3v) is 14.6. The van der Waals surface area contributed by atoms with Crippen LogP contribution in [0.3, 0.4) is 0 Å². The lowest BCUT2D eigenvalue weighted by molar-refractivity contribution is -0.265. The number of hydrogen-bond acceptors (Lipinski definition) is 13. The van der Waals surface area contributed by atoms with Gasteiger partial charge in [-0.05, 0) is 107 Å². The molecule has 3 aliphatic heterocycles. The third-order valence-electron chi connectivity index (χ3n) is 14.6. The van der Waals surface area contributed by atoms with E-state index in [1.54, 1.807) is 41.1 Å². The second-order valence-electron chi connectivity index (χ2n) is 19.7. The highest BCUT2D eigenvalue weighted by molar-refractivity contribution is 6.39. The van der Waals surface area contributed by atoms with E-state index in [9.17, 15) is 34.2 Å². The number of nitrogens with zero attached hydrogens (tertiary/aromatic N) is 1. The van der Waals surface area contributed by atoms with Crippen LogP contribution in [0, 0.1) is 35.5 Å². The lowest BCUT2D eigenvalue weighted by Gasteiger charge is -2.42. The molecule has 0 aromatic heterocycles. The van der Waals surface area contributed by atoms with Crippen LogP contribution in [0.15, 0.2) is 47.6 Å². The van der Waals surface area contributed by atoms with E-state index in [1.807, 2.05) is 58.1 Å². The lowest BCUT2D eigenvalue weighted by atomic mass is 9.78. The molecule has 3 heterocycles. The van der Waals surface area contributed by atoms with E-state index >= 15 is 0 Å². The van der Waals surface area contributed by atoms with Crippen LogP contribution in [0.2, 0.25) is 0 Å². The van der Waals surface area contributed by atoms with E-state index in [2.05, 4.69) is 0 Å². The topological polar surface area (TPSA) is 201 Å². The number of Topliss-reactive ketones (excluding diaryl/α,β-unsaturated/α-hetero) is 3. The summed E-state index contributed by atoms with van der Waals surface area (Å²) in [4.78, 5) is 71.8. The van der Waals surface area contributed by atoms with Gasteiger partial charge in [-0.2, -0.15) is 0 Å². The van der Waals surface area contributed by atoms with Crippen molar-refractivity contribution in [1.82, 2.24) is 4.90 Å². The Hall–Kier alpha value is -3.37. The zero-order valence-corrected chi connectivity index (χ0v) is 40.7. The third kappa shape index (κ3) is 14.3. The molecule has 15 atom stereocenters. The lowest BCUT2D eigenvalue weighted by Crippen LogP contribution is -2.61. The SMILES string of the molecule is CO[C@H]1C[C@@H]2CC[C@@H](C)[C@@](O)(O2)C(=O)C(=O)N2CCCC[C@H]2C(=O)O[C@H]([C@H](C)C[C@@H]2CC[C@H](N)[C@H](OC)C2)CC(=O)[C@H](C)/C=C(\C)[C@@H](O)[C@@H](OC)C(=O)[C@H](C)C[C@H](C)/C=C/C=C/C=C/1C. The molecule has 1 amide bonds. The molecule has 3 fully saturated rings. The largest absolute Gasteiger partial charge is 0.460 e. The van der Waals surface area contributed by atoms with Gasteiger partial charge in [0.15, 0.2) is 5.78 Å². The van der Waals surface area contributed by atoms with Gasteiger partial charge >= 0.3 is 5.97 Å². The maximum absolute atomic E-state index is 14.4. The van der Waals surface area contributed by atoms with Gasteiger partial charge in [0, 0.05) is 64.5 Å². The first kappa shape index (κ1) is 54.2. The molecule has 4 N–H and O–H groups in total. The van der Waals surface area contributed by atoms with Crippen molar-refractivity contribution in [3.8, 4) is 0 Å². The van der Waals surface area contributed by atoms with E-state index in [1.165, 1.54) is 12.0 Å². The van der Waals surface area contributed by atoms with E-state index in [0.29, 0.717) is 50.5 Å². The Labute approximate surface area is 387 Å². The van der Waals surface area contributed by atoms with Gasteiger partial charge < -0.3 is 44.5 Å². The Bertz CT molecular complexity index is 1760. The van der Waals surface area contributed by atoms with Crippen LogP contribution >= 0.6 is 0 Å². The number of ether oxygens (including phenoxy) is 5. The minimum Gasteiger partial charge on any atom is -0.460 e. The van der Waals surface area contributed by atoms with Crippen molar-refractivity contribution in [2.24, 2.45) is 41.2 Å². The molecule has 0 aromatic carbocycles. The number of methoxy groups -OCH3 is 3. The first-order chi connectivity index (χ1) is 30.7. The van der Waals surface area contributed by atoms with E-state index in [-0.39, 0.29) is 60.9 Å². The Morgan fingerprint density at radius 1 is 0.877 bits per heavy atom. The van der Waals surface area contributed by atoms with Gasteiger partial charge in [-0.15, -0.1) is 0 Å². The molecule has 2 bridgehead atoms. The number of aliphatic hydroxyl groups is 2. The summed E-state index contributed by atoms with van der Waals surface area (Å²) in [7, 11) is 4.61. The number of amides is 1. The molecule has 0 aromatic rings. The van der Waals surface area contributed by atoms with Crippen LogP contribution in [0.5, 0.6) is 0 Å². The first-order valence-corrected chi connectivity index (χ1v) is 24.0. The van der Waals surface area contributed by atoms with Gasteiger partial charge in [-0.25, -0.2) is 4.79 Å². The number of rotatable bonds is 6. The highest BCUT2D eigenvalue weighted by Crippen LogP contribution is 2.37. The van der Waals surface area contributed by atoms with Crippen molar-refractivity contribution in [3.63, 3.8) is 0 Å². The number of carbonyl (C=O) groups excluding carboxylic acids is 5. The quantitative estimate of drug-likeness (QED) is 0.156. The second kappa shape index (κ2) is 25.1. The number of piperidine rings is 1. The normalized spacial score (nSPS) is 40.4. The Morgan fingerprint density at radius 2 is 1.60 bits per heavy atom. The van der Waals surface area contributed by atoms with Crippen molar-refractivity contribution >= 4 is 29.2 Å². The van der Waals surface area contributed by atoms with Gasteiger partial charge in [0.25, 0.3) is 11.7 Å². The van der Waals surface area contributed by atoms with Crippen LogP contribution in [-0.2, 0) is 47.7 Å². The summed E-state index contributed by atoms with van der Waals surface area (Å²) >= 11 is 0. The van der Waals surface area contributed by atoms with Crippen LogP contribution in [0.1, 0.15) is 126 Å². The number of nitrogens with two attached hydrogens (primary N) is 1. The Morgan fingerprint density at radius 3 is 2.28 bits per heavy atom. The predicted octanol–water partition coefficient (Wildman–Crippen LogP) is 6.15. The number of esters is 1. The van der Waals surface area contributed by atoms with Crippen molar-refractivity contribution in [3.05, 3.63) is 47.6 Å². The molecule has 1 aliphatic carbocycles. The van der Waals surface area contributed by atoms with Crippen molar-refractivity contribution in [2.45, 2.75) is 180 Å². The maximum Gasteiger partial charge on any atom is 0.329 e. The molecule has 14 nitrogen and oxygen atoms in total. The number of fused-ring (bicyclic) bond motifs is 3. The van der Waals surface area contributed by atoms with Crippen LogP contribution in [0.25, 0.3) is 0 Å². The number of carbonyl (C=O) groups is 5. The second-order valence-corrected chi connectivity index (χ2v) is 19.7. The molecule has 1 saturated carbocycles. The molecule has 0 unspecified atom stereocenters. The molecule has 0 radical (unpaired) electrons. The van der Waals surface area contributed by atoms with Gasteiger partial charge in [0.1, 0.15) is 30.1 Å². The first-order valence-electron chi connectivity index (χ1n) is 24.0. The van der Waals surface area contributed by atoms with Crippen LogP contribution < -0.4 is 5.73 Å². The monoisotopic (exact) mass is 913 g/mol. The molecule has 14 heteroatoms. The highest BCUT2D eigenvalue weighted by Gasteiger charge is 2.53. The van der Waals surface area contributed by atoms with E-state index in [0.717, 1.165) is 24.8 Å². The zero-order chi connectivity index (χ0) is 48.2. The average Bonchev–Trinajstić information content (AvgIpc) is 3.28. The number of cyclic esters (lactones) is 1. The molecule has 366 valence electrons. The average molecular weight is 913 g/mol. The smallest absolute Gasteiger partial charge is 0.329 e. The summed E-state index contributed by atoms with van der Waals surface area (Å²) in [6.07, 6.45) is 12.7. The molecule has 0 spiro atoms. The predicted molar refractivity (Wildman–Crippen MR) is 247 cm³/mol. The van der Waals surface area contributed by atoms with Crippen LogP contribution in [0.4, 0.5) is 0 Å². The number of hydrogen-bond donors (Lipinski definition) is 3. The van der Waals surface area contributed by atoms with Gasteiger partial charge in [0.2, 0.25) is 5.79 Å². The molecular weight excluding hydrogens is 833 g/mol. The summed E-state index contributed by atoms with van der Waals surface area (Å²) in [5, 5.41) is 23.4.